The van der Waals surface area contributed by atoms with Crippen molar-refractivity contribution in [3.05, 3.63) is 34.9 Å². The molecule has 1 aromatic heterocycles. The third-order valence-corrected chi connectivity index (χ3v) is 4.47. The van der Waals surface area contributed by atoms with Gasteiger partial charge in [0.05, 0.1) is 0 Å². The van der Waals surface area contributed by atoms with E-state index in [-0.39, 0.29) is 14.5 Å². The van der Waals surface area contributed by atoms with Gasteiger partial charge in [0.15, 0.2) is 0 Å². The van der Waals surface area contributed by atoms with Crippen molar-refractivity contribution in [2.24, 2.45) is 5.73 Å². The summed E-state index contributed by atoms with van der Waals surface area (Å²) < 4.78 is 2.24. The molecule has 0 atom stereocenters. The summed E-state index contributed by atoms with van der Waals surface area (Å²) in [6.45, 7) is 0.787. The van der Waals surface area contributed by atoms with Gasteiger partial charge in [-0.15, -0.1) is 0 Å². The van der Waals surface area contributed by atoms with E-state index >= 15 is 0 Å². The molecule has 4 nitrogen and oxygen atoms in total. The number of nitrogens with one attached hydrogen (secondary N) is 1. The zero-order valence-corrected chi connectivity index (χ0v) is 12.0. The molecule has 0 amide bonds. The van der Waals surface area contributed by atoms with Crippen LogP contribution in [0, 0.1) is 0 Å². The van der Waals surface area contributed by atoms with E-state index in [1.807, 2.05) is 30.3 Å². The van der Waals surface area contributed by atoms with E-state index in [4.69, 9.17) is 5.73 Å². The summed E-state index contributed by atoms with van der Waals surface area (Å²) in [6.07, 6.45) is 4.53. The molecular weight excluding hydrogens is 291 g/mol. The minimum absolute atomic E-state index is 0.262. The van der Waals surface area contributed by atoms with Gasteiger partial charge in [0.1, 0.15) is 0 Å². The number of unbranched alkanes of at least 4 members (excludes halogenated alkanes) is 2. The van der Waals surface area contributed by atoms with Crippen LogP contribution < -0.4 is 11.1 Å². The Morgan fingerprint density at radius 1 is 1.06 bits per heavy atom. The topological polar surface area (TPSA) is 63.8 Å². The molecule has 2 rings (SSSR count). The van der Waals surface area contributed by atoms with E-state index in [1.165, 1.54) is 17.4 Å². The van der Waals surface area contributed by atoms with Crippen LogP contribution in [0.2, 0.25) is 0 Å². The molecule has 0 bridgehead atoms. The third kappa shape index (κ3) is 4.26. The Bertz CT molecular complexity index is 455. The Labute approximate surface area is 113 Å². The number of hydrogen-bond donors (Lipinski definition) is 2. The Balaban J connectivity index is 1.83. The summed E-state index contributed by atoms with van der Waals surface area (Å²) >= 11 is 0.262. The zero-order valence-electron chi connectivity index (χ0n) is 10.3. The molecule has 0 fully saturated rings. The molecule has 0 aliphatic carbocycles. The van der Waals surface area contributed by atoms with E-state index < -0.39 is 0 Å². The van der Waals surface area contributed by atoms with Gasteiger partial charge in [-0.2, -0.15) is 0 Å². The average molecular weight is 309 g/mol. The SMILES string of the molecule is NCCCCCc1nnc(Nc2ccccc2)[se]1. The quantitative estimate of drug-likeness (QED) is 0.606. The molecule has 1 heterocycles. The zero-order chi connectivity index (χ0) is 12.6. The van der Waals surface area contributed by atoms with Gasteiger partial charge in [0.2, 0.25) is 0 Å². The van der Waals surface area contributed by atoms with Crippen molar-refractivity contribution in [3.63, 3.8) is 0 Å². The fraction of sp³-hybridized carbons (Fsp3) is 0.385. The first-order valence-corrected chi connectivity index (χ1v) is 7.94. The summed E-state index contributed by atoms with van der Waals surface area (Å²) in [5.74, 6) is 0. The molecule has 0 saturated carbocycles. The van der Waals surface area contributed by atoms with Crippen LogP contribution >= 0.6 is 0 Å². The summed E-state index contributed by atoms with van der Waals surface area (Å²) in [5.41, 5.74) is 6.55. The van der Waals surface area contributed by atoms with Crippen LogP contribution in [-0.2, 0) is 6.42 Å². The van der Waals surface area contributed by atoms with E-state index in [2.05, 4.69) is 15.5 Å². The van der Waals surface area contributed by atoms with Gasteiger partial charge in [0, 0.05) is 0 Å². The second-order valence-corrected chi connectivity index (χ2v) is 6.32. The second kappa shape index (κ2) is 7.31. The van der Waals surface area contributed by atoms with Crippen LogP contribution in [-0.4, -0.2) is 31.2 Å². The predicted octanol–water partition coefficient (Wildman–Crippen LogP) is 1.95. The third-order valence-electron chi connectivity index (χ3n) is 2.59. The molecule has 0 aliphatic rings. The number of anilines is 2. The van der Waals surface area contributed by atoms with E-state index in [9.17, 15) is 0 Å². The van der Waals surface area contributed by atoms with E-state index in [1.54, 1.807) is 0 Å². The first-order valence-electron chi connectivity index (χ1n) is 6.23. The number of aromatic nitrogens is 2. The van der Waals surface area contributed by atoms with Crippen molar-refractivity contribution in [1.29, 1.82) is 0 Å². The van der Waals surface area contributed by atoms with Crippen molar-refractivity contribution >= 4 is 24.9 Å². The van der Waals surface area contributed by atoms with Crippen LogP contribution in [0.25, 0.3) is 0 Å². The molecule has 0 radical (unpaired) electrons. The Morgan fingerprint density at radius 2 is 1.89 bits per heavy atom. The van der Waals surface area contributed by atoms with Gasteiger partial charge < -0.3 is 0 Å². The normalized spacial score (nSPS) is 10.5. The first-order chi connectivity index (χ1) is 8.88. The van der Waals surface area contributed by atoms with Crippen LogP contribution in [0.3, 0.4) is 0 Å². The molecule has 96 valence electrons. The van der Waals surface area contributed by atoms with Crippen LogP contribution in [0.15, 0.2) is 30.3 Å². The van der Waals surface area contributed by atoms with Gasteiger partial charge in [-0.1, -0.05) is 0 Å². The number of nitrogens with zero attached hydrogens (tertiary/aromatic N) is 2. The van der Waals surface area contributed by atoms with Crippen LogP contribution in [0.5, 0.6) is 0 Å². The number of para-hydroxylation sites is 1. The average Bonchev–Trinajstić information content (AvgIpc) is 2.84. The molecule has 2 aromatic rings. The molecule has 0 saturated heterocycles. The fourth-order valence-corrected chi connectivity index (χ4v) is 3.33. The van der Waals surface area contributed by atoms with Crippen molar-refractivity contribution in [3.8, 4) is 0 Å². The number of aryl methyl sites for hydroxylation is 1. The maximum absolute atomic E-state index is 5.47. The fourth-order valence-electron chi connectivity index (χ4n) is 1.65. The minimum atomic E-state index is 0.262. The summed E-state index contributed by atoms with van der Waals surface area (Å²) in [5, 5.41) is 11.8. The van der Waals surface area contributed by atoms with Crippen LogP contribution in [0.1, 0.15) is 23.8 Å². The van der Waals surface area contributed by atoms with Gasteiger partial charge in [-0.25, -0.2) is 0 Å². The number of benzene rings is 1. The van der Waals surface area contributed by atoms with Gasteiger partial charge in [-0.05, 0) is 0 Å². The number of nitrogens with two attached hydrogens (primary N) is 1. The molecule has 5 heteroatoms. The van der Waals surface area contributed by atoms with Crippen molar-refractivity contribution in [2.45, 2.75) is 25.7 Å². The van der Waals surface area contributed by atoms with Crippen LogP contribution in [0.4, 0.5) is 10.4 Å². The summed E-state index contributed by atoms with van der Waals surface area (Å²) in [4.78, 5) is 0. The first kappa shape index (κ1) is 13.3. The standard InChI is InChI=1S/C13H18N4Se/c14-10-6-2-5-9-12-16-17-13(18-12)15-11-7-3-1-4-8-11/h1,3-4,7-8H,2,5-6,9-10,14H2,(H,15,17). The second-order valence-electron chi connectivity index (χ2n) is 4.09. The maximum atomic E-state index is 5.47. The van der Waals surface area contributed by atoms with Gasteiger partial charge in [0.25, 0.3) is 0 Å². The van der Waals surface area contributed by atoms with Crippen molar-refractivity contribution in [1.82, 2.24) is 10.2 Å². The molecule has 0 aliphatic heterocycles. The Kier molecular flexibility index (Phi) is 5.39. The summed E-state index contributed by atoms with van der Waals surface area (Å²) in [7, 11) is 0. The molecule has 0 spiro atoms. The van der Waals surface area contributed by atoms with Crippen molar-refractivity contribution in [2.75, 3.05) is 11.9 Å². The van der Waals surface area contributed by atoms with Gasteiger partial charge >= 0.3 is 113 Å². The van der Waals surface area contributed by atoms with E-state index in [0.717, 1.165) is 29.8 Å². The Morgan fingerprint density at radius 3 is 2.67 bits per heavy atom. The van der Waals surface area contributed by atoms with Crippen molar-refractivity contribution < 1.29 is 0 Å². The van der Waals surface area contributed by atoms with Gasteiger partial charge in [-0.3, -0.25) is 0 Å². The molecule has 18 heavy (non-hydrogen) atoms. The molecule has 3 N–H and O–H groups in total. The molecule has 1 aromatic carbocycles. The monoisotopic (exact) mass is 310 g/mol. The predicted molar refractivity (Wildman–Crippen MR) is 75.3 cm³/mol. The molecule has 0 unspecified atom stereocenters. The Hall–Kier alpha value is -1.16. The number of rotatable bonds is 7. The number of hydrogen-bond acceptors (Lipinski definition) is 4. The van der Waals surface area contributed by atoms with E-state index in [0.29, 0.717) is 0 Å². The summed E-state index contributed by atoms with van der Waals surface area (Å²) in [6, 6.07) is 10.1. The molecular formula is C13H18N4Se.